The lowest BCUT2D eigenvalue weighted by Gasteiger charge is -2.33. The Morgan fingerprint density at radius 2 is 1.26 bits per heavy atom. The van der Waals surface area contributed by atoms with Crippen LogP contribution in [0.15, 0.2) is 187 Å². The van der Waals surface area contributed by atoms with Gasteiger partial charge in [-0.25, -0.2) is 0 Å². The van der Waals surface area contributed by atoms with E-state index in [1.165, 1.54) is 93.3 Å². The number of thiophene rings is 1. The molecule has 0 fully saturated rings. The smallest absolute Gasteiger partial charge is 0.0503 e. The standard InChI is InChI=1S/C51H38N2S/c1-51(2)45-22-11-9-18-39(45)42-32-48-44(31-46(42)51)43-30-37(52(34-14-5-3-6-15-34)35-16-7-4-8-17-35)28-29-47(43)53(48)36-26-24-33(25-27-36)38-20-13-21-41-40-19-10-12-23-49(40)54-50(38)41/h3-29,31-32,43H,30H2,1-2H3. The van der Waals surface area contributed by atoms with Crippen LogP contribution in [0.3, 0.4) is 0 Å². The highest BCUT2D eigenvalue weighted by Crippen LogP contribution is 2.58. The van der Waals surface area contributed by atoms with Crippen molar-refractivity contribution in [1.29, 1.82) is 0 Å². The SMILES string of the molecule is CC1(C)c2ccccc2-c2cc3c(cc21)C1CC(N(c2ccccc2)c2ccccc2)=CC=C1N3c1ccc(-c2cccc3c2sc2ccccc23)cc1. The molecule has 54 heavy (non-hydrogen) atoms. The average Bonchev–Trinajstić information content (AvgIpc) is 3.83. The summed E-state index contributed by atoms with van der Waals surface area (Å²) in [6, 6.07) is 60.5. The Morgan fingerprint density at radius 1 is 0.593 bits per heavy atom. The zero-order chi connectivity index (χ0) is 36.0. The zero-order valence-electron chi connectivity index (χ0n) is 30.3. The molecule has 0 saturated carbocycles. The van der Waals surface area contributed by atoms with Crippen molar-refractivity contribution in [3.63, 3.8) is 0 Å². The molecule has 0 spiro atoms. The summed E-state index contributed by atoms with van der Waals surface area (Å²) in [5.74, 6) is 0.215. The summed E-state index contributed by atoms with van der Waals surface area (Å²) in [6.07, 6.45) is 5.64. The molecule has 2 heterocycles. The number of allylic oxidation sites excluding steroid dienone is 4. The Morgan fingerprint density at radius 3 is 2.04 bits per heavy atom. The summed E-state index contributed by atoms with van der Waals surface area (Å²) < 4.78 is 2.69. The number of nitrogens with zero attached hydrogens (tertiary/aromatic N) is 2. The third-order valence-corrected chi connectivity index (χ3v) is 13.2. The van der Waals surface area contributed by atoms with Gasteiger partial charge in [-0.3, -0.25) is 0 Å². The van der Waals surface area contributed by atoms with Crippen LogP contribution in [0.4, 0.5) is 22.7 Å². The molecule has 1 aromatic heterocycles. The molecule has 0 N–H and O–H groups in total. The highest BCUT2D eigenvalue weighted by atomic mass is 32.1. The van der Waals surface area contributed by atoms with Gasteiger partial charge in [0, 0.05) is 66.4 Å². The zero-order valence-corrected chi connectivity index (χ0v) is 31.1. The minimum Gasteiger partial charge on any atom is -0.314 e. The monoisotopic (exact) mass is 710 g/mol. The summed E-state index contributed by atoms with van der Waals surface area (Å²) in [5, 5.41) is 2.67. The molecular weight excluding hydrogens is 673 g/mol. The number of rotatable bonds is 5. The lowest BCUT2D eigenvalue weighted by atomic mass is 9.80. The minimum absolute atomic E-state index is 0.0685. The first-order chi connectivity index (χ1) is 26.5. The quantitative estimate of drug-likeness (QED) is 0.175. The molecule has 0 amide bonds. The number of fused-ring (bicyclic) bond motifs is 9. The van der Waals surface area contributed by atoms with Gasteiger partial charge in [-0.2, -0.15) is 0 Å². The van der Waals surface area contributed by atoms with Crippen LogP contribution in [-0.4, -0.2) is 0 Å². The largest absolute Gasteiger partial charge is 0.314 e. The van der Waals surface area contributed by atoms with Crippen molar-refractivity contribution in [2.75, 3.05) is 9.80 Å². The predicted molar refractivity (Wildman–Crippen MR) is 229 cm³/mol. The molecule has 3 heteroatoms. The first kappa shape index (κ1) is 31.4. The summed E-state index contributed by atoms with van der Waals surface area (Å²) in [4.78, 5) is 4.98. The number of anilines is 4. The summed E-state index contributed by atoms with van der Waals surface area (Å²) >= 11 is 1.89. The van der Waals surface area contributed by atoms with E-state index >= 15 is 0 Å². The van der Waals surface area contributed by atoms with Gasteiger partial charge in [-0.15, -0.1) is 11.3 Å². The molecule has 1 unspecified atom stereocenters. The van der Waals surface area contributed by atoms with E-state index in [0.717, 1.165) is 6.42 Å². The second kappa shape index (κ2) is 11.9. The van der Waals surface area contributed by atoms with Gasteiger partial charge in [0.05, 0.1) is 5.69 Å². The Balaban J connectivity index is 1.06. The van der Waals surface area contributed by atoms with Crippen LogP contribution < -0.4 is 9.80 Å². The van der Waals surface area contributed by atoms with Crippen LogP contribution in [0.1, 0.15) is 42.9 Å². The van der Waals surface area contributed by atoms with Crippen molar-refractivity contribution >= 4 is 54.3 Å². The molecule has 1 atom stereocenters. The first-order valence-corrected chi connectivity index (χ1v) is 19.8. The molecule has 258 valence electrons. The summed E-state index contributed by atoms with van der Waals surface area (Å²) in [7, 11) is 0. The molecule has 2 aliphatic carbocycles. The van der Waals surface area contributed by atoms with E-state index in [0.29, 0.717) is 0 Å². The van der Waals surface area contributed by atoms with E-state index in [1.54, 1.807) is 0 Å². The first-order valence-electron chi connectivity index (χ1n) is 18.9. The second-order valence-corrected chi connectivity index (χ2v) is 16.4. The average molecular weight is 711 g/mol. The Hall–Kier alpha value is -6.16. The highest BCUT2D eigenvalue weighted by molar-refractivity contribution is 7.26. The molecule has 1 aliphatic heterocycles. The highest BCUT2D eigenvalue weighted by Gasteiger charge is 2.42. The Labute approximate surface area is 320 Å². The normalized spacial score (nSPS) is 16.4. The third kappa shape index (κ3) is 4.65. The fourth-order valence-corrected chi connectivity index (χ4v) is 10.6. The molecule has 11 rings (SSSR count). The maximum atomic E-state index is 2.55. The van der Waals surface area contributed by atoms with E-state index in [-0.39, 0.29) is 11.3 Å². The van der Waals surface area contributed by atoms with Crippen LogP contribution in [0.25, 0.3) is 42.4 Å². The van der Waals surface area contributed by atoms with E-state index in [4.69, 9.17) is 0 Å². The molecule has 2 nitrogen and oxygen atoms in total. The van der Waals surface area contributed by atoms with Gasteiger partial charge in [0.1, 0.15) is 0 Å². The minimum atomic E-state index is -0.0685. The Kier molecular flexibility index (Phi) is 6.93. The maximum absolute atomic E-state index is 2.55. The van der Waals surface area contributed by atoms with E-state index < -0.39 is 0 Å². The van der Waals surface area contributed by atoms with Crippen LogP contribution in [0.2, 0.25) is 0 Å². The van der Waals surface area contributed by atoms with Crippen LogP contribution in [0, 0.1) is 0 Å². The molecule has 0 bridgehead atoms. The fraction of sp³-hybridized carbons (Fsp3) is 0.0980. The maximum Gasteiger partial charge on any atom is 0.0503 e. The van der Waals surface area contributed by atoms with Crippen molar-refractivity contribution < 1.29 is 0 Å². The van der Waals surface area contributed by atoms with Crippen molar-refractivity contribution in [3.8, 4) is 22.3 Å². The summed E-state index contributed by atoms with van der Waals surface area (Å²) in [6.45, 7) is 4.78. The van der Waals surface area contributed by atoms with Gasteiger partial charge in [0.2, 0.25) is 0 Å². The Bertz CT molecular complexity index is 2780. The van der Waals surface area contributed by atoms with Crippen LogP contribution in [0.5, 0.6) is 0 Å². The van der Waals surface area contributed by atoms with Gasteiger partial charge in [0.25, 0.3) is 0 Å². The number of hydrogen-bond acceptors (Lipinski definition) is 3. The molecule has 0 saturated heterocycles. The third-order valence-electron chi connectivity index (χ3n) is 12.0. The van der Waals surface area contributed by atoms with E-state index in [2.05, 4.69) is 200 Å². The molecule has 0 radical (unpaired) electrons. The molecular formula is C51H38N2S. The second-order valence-electron chi connectivity index (χ2n) is 15.3. The predicted octanol–water partition coefficient (Wildman–Crippen LogP) is 14.3. The van der Waals surface area contributed by atoms with Crippen molar-refractivity contribution in [2.45, 2.75) is 31.6 Å². The number of hydrogen-bond donors (Lipinski definition) is 0. The molecule has 3 aliphatic rings. The van der Waals surface area contributed by atoms with Crippen molar-refractivity contribution in [2.24, 2.45) is 0 Å². The van der Waals surface area contributed by atoms with Gasteiger partial charge < -0.3 is 9.80 Å². The van der Waals surface area contributed by atoms with Crippen molar-refractivity contribution in [1.82, 2.24) is 0 Å². The summed E-state index contributed by atoms with van der Waals surface area (Å²) in [5.41, 5.74) is 16.9. The lowest BCUT2D eigenvalue weighted by Crippen LogP contribution is -2.22. The molecule has 7 aromatic carbocycles. The van der Waals surface area contributed by atoms with Crippen molar-refractivity contribution in [3.05, 3.63) is 204 Å². The topological polar surface area (TPSA) is 6.48 Å². The molecule has 8 aromatic rings. The van der Waals surface area contributed by atoms with Gasteiger partial charge in [0.15, 0.2) is 0 Å². The van der Waals surface area contributed by atoms with E-state index in [1.807, 2.05) is 11.3 Å². The van der Waals surface area contributed by atoms with Crippen LogP contribution in [-0.2, 0) is 5.41 Å². The van der Waals surface area contributed by atoms with Gasteiger partial charge in [-0.1, -0.05) is 129 Å². The van der Waals surface area contributed by atoms with E-state index in [9.17, 15) is 0 Å². The van der Waals surface area contributed by atoms with Crippen LogP contribution >= 0.6 is 11.3 Å². The lowest BCUT2D eigenvalue weighted by molar-refractivity contribution is 0.658. The number of para-hydroxylation sites is 2. The van der Waals surface area contributed by atoms with Gasteiger partial charge in [-0.05, 0) is 99.6 Å². The van der Waals surface area contributed by atoms with Gasteiger partial charge >= 0.3 is 0 Å². The number of benzene rings is 7. The fourth-order valence-electron chi connectivity index (χ4n) is 9.40.